The summed E-state index contributed by atoms with van der Waals surface area (Å²) in [5.41, 5.74) is 10.9. The standard InChI is InChI=1S/C41H33N3O/c1-24-19-39(42-23-34(24)25-13-15-26(16-14-25)41(2,3)4)43-36-20-27(45-5)17-18-29(36)32-21-33-31-11-8-10-30-28-9-6-7-12-35(28)44(40(30)31)38(33)22-37(32)43/h6-23H,1-5H3. The van der Waals surface area contributed by atoms with Gasteiger partial charge in [-0.3, -0.25) is 4.57 Å². The van der Waals surface area contributed by atoms with Crippen molar-refractivity contribution in [2.24, 2.45) is 0 Å². The highest BCUT2D eigenvalue weighted by molar-refractivity contribution is 6.26. The molecule has 0 aliphatic rings. The first-order chi connectivity index (χ1) is 21.8. The molecule has 0 aliphatic heterocycles. The van der Waals surface area contributed by atoms with E-state index < -0.39 is 0 Å². The molecule has 9 rings (SSSR count). The topological polar surface area (TPSA) is 31.5 Å². The second-order valence-electron chi connectivity index (χ2n) is 13.3. The van der Waals surface area contributed by atoms with Gasteiger partial charge in [-0.05, 0) is 65.4 Å². The van der Waals surface area contributed by atoms with Gasteiger partial charge in [0.2, 0.25) is 0 Å². The van der Waals surface area contributed by atoms with E-state index in [1.807, 2.05) is 6.20 Å². The molecule has 5 aromatic carbocycles. The van der Waals surface area contributed by atoms with Crippen LogP contribution in [0.15, 0.2) is 109 Å². The molecule has 0 fully saturated rings. The Balaban J connectivity index is 1.33. The first-order valence-electron chi connectivity index (χ1n) is 15.6. The van der Waals surface area contributed by atoms with Gasteiger partial charge in [0, 0.05) is 50.1 Å². The monoisotopic (exact) mass is 583 g/mol. The maximum Gasteiger partial charge on any atom is 0.137 e. The zero-order valence-corrected chi connectivity index (χ0v) is 26.1. The number of ether oxygens (including phenoxy) is 1. The molecule has 0 spiro atoms. The SMILES string of the molecule is COc1ccc2c3cc4c5cccc6c7ccccc7n(c4cc3n(-c3cc(C)c(-c4ccc(C(C)(C)C)cc4)cn3)c2c1)c65. The van der Waals surface area contributed by atoms with E-state index in [2.05, 4.69) is 140 Å². The Morgan fingerprint density at radius 1 is 0.622 bits per heavy atom. The largest absolute Gasteiger partial charge is 0.497 e. The van der Waals surface area contributed by atoms with Crippen LogP contribution in [-0.4, -0.2) is 21.1 Å². The summed E-state index contributed by atoms with van der Waals surface area (Å²) in [5, 5.41) is 7.52. The molecule has 0 unspecified atom stereocenters. The zero-order valence-electron chi connectivity index (χ0n) is 26.1. The average Bonchev–Trinajstić information content (AvgIpc) is 3.67. The van der Waals surface area contributed by atoms with Crippen LogP contribution in [0.1, 0.15) is 31.9 Å². The van der Waals surface area contributed by atoms with Crippen LogP contribution in [0.25, 0.3) is 76.8 Å². The van der Waals surface area contributed by atoms with E-state index >= 15 is 0 Å². The fourth-order valence-electron chi connectivity index (χ4n) is 7.41. The molecule has 0 aliphatic carbocycles. The number of hydrogen-bond acceptors (Lipinski definition) is 2. The lowest BCUT2D eigenvalue weighted by molar-refractivity contribution is 0.415. The minimum absolute atomic E-state index is 0.119. The highest BCUT2D eigenvalue weighted by Crippen LogP contribution is 2.43. The van der Waals surface area contributed by atoms with Crippen molar-refractivity contribution in [1.82, 2.24) is 14.0 Å². The number of benzene rings is 5. The first-order valence-corrected chi connectivity index (χ1v) is 15.6. The number of nitrogens with zero attached hydrogens (tertiary/aromatic N) is 3. The van der Waals surface area contributed by atoms with E-state index in [4.69, 9.17) is 9.72 Å². The number of rotatable bonds is 3. The van der Waals surface area contributed by atoms with Gasteiger partial charge in [-0.2, -0.15) is 0 Å². The van der Waals surface area contributed by atoms with Crippen LogP contribution in [0.4, 0.5) is 0 Å². The summed E-state index contributed by atoms with van der Waals surface area (Å²) >= 11 is 0. The quantitative estimate of drug-likeness (QED) is 0.207. The van der Waals surface area contributed by atoms with Crippen molar-refractivity contribution in [2.45, 2.75) is 33.1 Å². The predicted octanol–water partition coefficient (Wildman–Crippen LogP) is 10.6. The number of methoxy groups -OCH3 is 1. The Hall–Kier alpha value is -5.35. The van der Waals surface area contributed by atoms with Crippen LogP contribution in [0.5, 0.6) is 5.75 Å². The molecular formula is C41H33N3O. The third-order valence-electron chi connectivity index (χ3n) is 9.70. The molecule has 4 nitrogen and oxygen atoms in total. The van der Waals surface area contributed by atoms with E-state index in [0.29, 0.717) is 0 Å². The molecule has 45 heavy (non-hydrogen) atoms. The van der Waals surface area contributed by atoms with Crippen molar-refractivity contribution in [3.63, 3.8) is 0 Å². The summed E-state index contributed by atoms with van der Waals surface area (Å²) in [5.74, 6) is 1.73. The van der Waals surface area contributed by atoms with Crippen molar-refractivity contribution in [2.75, 3.05) is 7.11 Å². The Bertz CT molecular complexity index is 2610. The number of fused-ring (bicyclic) bond motifs is 9. The van der Waals surface area contributed by atoms with Gasteiger partial charge in [0.1, 0.15) is 11.6 Å². The van der Waals surface area contributed by atoms with Gasteiger partial charge in [0.05, 0.1) is 34.7 Å². The molecule has 4 aromatic heterocycles. The van der Waals surface area contributed by atoms with Crippen LogP contribution >= 0.6 is 0 Å². The lowest BCUT2D eigenvalue weighted by Crippen LogP contribution is -2.10. The van der Waals surface area contributed by atoms with Crippen LogP contribution < -0.4 is 4.74 Å². The highest BCUT2D eigenvalue weighted by Gasteiger charge is 2.21. The van der Waals surface area contributed by atoms with Gasteiger partial charge < -0.3 is 9.14 Å². The van der Waals surface area contributed by atoms with E-state index in [1.165, 1.54) is 65.6 Å². The third-order valence-corrected chi connectivity index (χ3v) is 9.70. The summed E-state index contributed by atoms with van der Waals surface area (Å²) in [6, 6.07) is 37.7. The Kier molecular flexibility index (Phi) is 5.27. The number of para-hydroxylation sites is 2. The number of aryl methyl sites for hydroxylation is 1. The van der Waals surface area contributed by atoms with Crippen LogP contribution in [-0.2, 0) is 5.41 Å². The summed E-state index contributed by atoms with van der Waals surface area (Å²) in [7, 11) is 1.73. The molecule has 0 N–H and O–H groups in total. The van der Waals surface area contributed by atoms with Gasteiger partial charge in [-0.1, -0.05) is 81.4 Å². The second-order valence-corrected chi connectivity index (χ2v) is 13.3. The van der Waals surface area contributed by atoms with E-state index in [-0.39, 0.29) is 5.41 Å². The number of aromatic nitrogens is 3. The highest BCUT2D eigenvalue weighted by atomic mass is 16.5. The molecule has 4 heteroatoms. The van der Waals surface area contributed by atoms with Gasteiger partial charge in [0.15, 0.2) is 0 Å². The minimum Gasteiger partial charge on any atom is -0.497 e. The summed E-state index contributed by atoms with van der Waals surface area (Å²) in [6.07, 6.45) is 2.03. The smallest absolute Gasteiger partial charge is 0.137 e. The van der Waals surface area contributed by atoms with Crippen molar-refractivity contribution in [1.29, 1.82) is 0 Å². The van der Waals surface area contributed by atoms with E-state index in [1.54, 1.807) is 7.11 Å². The molecule has 0 bridgehead atoms. The van der Waals surface area contributed by atoms with Gasteiger partial charge in [-0.25, -0.2) is 4.98 Å². The first kappa shape index (κ1) is 26.1. The maximum atomic E-state index is 5.71. The lowest BCUT2D eigenvalue weighted by atomic mass is 9.86. The molecule has 0 radical (unpaired) electrons. The fraction of sp³-hybridized carbons (Fsp3) is 0.146. The lowest BCUT2D eigenvalue weighted by Gasteiger charge is -2.19. The Morgan fingerprint density at radius 3 is 2.07 bits per heavy atom. The minimum atomic E-state index is 0.119. The fourth-order valence-corrected chi connectivity index (χ4v) is 7.41. The van der Waals surface area contributed by atoms with Crippen molar-refractivity contribution in [3.05, 3.63) is 120 Å². The van der Waals surface area contributed by atoms with Crippen LogP contribution in [0, 0.1) is 6.92 Å². The van der Waals surface area contributed by atoms with Crippen molar-refractivity contribution >= 4 is 59.9 Å². The molecule has 0 saturated carbocycles. The molecule has 0 saturated heterocycles. The predicted molar refractivity (Wildman–Crippen MR) is 189 cm³/mol. The van der Waals surface area contributed by atoms with Crippen LogP contribution in [0.3, 0.4) is 0 Å². The molecular weight excluding hydrogens is 550 g/mol. The van der Waals surface area contributed by atoms with E-state index in [9.17, 15) is 0 Å². The molecule has 218 valence electrons. The molecule has 0 amide bonds. The normalized spacial score (nSPS) is 12.6. The van der Waals surface area contributed by atoms with E-state index in [0.717, 1.165) is 28.2 Å². The Morgan fingerprint density at radius 2 is 1.31 bits per heavy atom. The number of hydrogen-bond donors (Lipinski definition) is 0. The maximum absolute atomic E-state index is 5.71. The Labute approximate surface area is 261 Å². The average molecular weight is 584 g/mol. The summed E-state index contributed by atoms with van der Waals surface area (Å²) < 4.78 is 10.5. The zero-order chi connectivity index (χ0) is 30.6. The molecule has 4 heterocycles. The second kappa shape index (κ2) is 9.09. The van der Waals surface area contributed by atoms with Crippen molar-refractivity contribution in [3.8, 4) is 22.7 Å². The third kappa shape index (κ3) is 3.63. The molecule has 9 aromatic rings. The van der Waals surface area contributed by atoms with Gasteiger partial charge in [-0.15, -0.1) is 0 Å². The van der Waals surface area contributed by atoms with Gasteiger partial charge >= 0.3 is 0 Å². The summed E-state index contributed by atoms with van der Waals surface area (Å²) in [6.45, 7) is 8.93. The van der Waals surface area contributed by atoms with Crippen LogP contribution in [0.2, 0.25) is 0 Å². The molecule has 0 atom stereocenters. The van der Waals surface area contributed by atoms with Crippen molar-refractivity contribution < 1.29 is 4.74 Å². The number of pyridine rings is 1. The summed E-state index contributed by atoms with van der Waals surface area (Å²) in [4.78, 5) is 5.11. The van der Waals surface area contributed by atoms with Gasteiger partial charge in [0.25, 0.3) is 0 Å².